The number of ketones is 1. The standard InChI is InChI=1S/C14H21N3O2/c1-5-12(18)11-7-6-8-15-13(11)14(19)16-10(2)9-17(3)4/h6-8,10H,5,9H2,1-4H3,(H,16,19). The molecule has 0 spiro atoms. The molecule has 1 unspecified atom stereocenters. The number of pyridine rings is 1. The fraction of sp³-hybridized carbons (Fsp3) is 0.500. The van der Waals surface area contributed by atoms with E-state index in [1.165, 1.54) is 6.20 Å². The Hall–Kier alpha value is -1.75. The molecule has 1 N–H and O–H groups in total. The molecule has 0 saturated heterocycles. The third-order valence-corrected chi connectivity index (χ3v) is 2.66. The van der Waals surface area contributed by atoms with E-state index < -0.39 is 0 Å². The number of carbonyl (C=O) groups is 2. The van der Waals surface area contributed by atoms with Gasteiger partial charge in [-0.15, -0.1) is 0 Å². The fourth-order valence-corrected chi connectivity index (χ4v) is 1.89. The summed E-state index contributed by atoms with van der Waals surface area (Å²) in [5, 5.41) is 2.85. The number of Topliss-reactive ketones (excluding diaryl/α,β-unsaturated/α-hetero) is 1. The highest BCUT2D eigenvalue weighted by molar-refractivity contribution is 6.06. The van der Waals surface area contributed by atoms with Crippen LogP contribution in [0.5, 0.6) is 0 Å². The van der Waals surface area contributed by atoms with Crippen molar-refractivity contribution < 1.29 is 9.59 Å². The van der Waals surface area contributed by atoms with Gasteiger partial charge < -0.3 is 10.2 Å². The molecule has 1 heterocycles. The third-order valence-electron chi connectivity index (χ3n) is 2.66. The smallest absolute Gasteiger partial charge is 0.270 e. The zero-order valence-corrected chi connectivity index (χ0v) is 11.9. The van der Waals surface area contributed by atoms with E-state index in [0.29, 0.717) is 12.0 Å². The summed E-state index contributed by atoms with van der Waals surface area (Å²) < 4.78 is 0. The van der Waals surface area contributed by atoms with E-state index in [-0.39, 0.29) is 23.4 Å². The lowest BCUT2D eigenvalue weighted by molar-refractivity contribution is 0.0912. The SMILES string of the molecule is CCC(=O)c1cccnc1C(=O)NC(C)CN(C)C. The minimum atomic E-state index is -0.299. The molecule has 0 bridgehead atoms. The van der Waals surface area contributed by atoms with Crippen molar-refractivity contribution in [2.24, 2.45) is 0 Å². The lowest BCUT2D eigenvalue weighted by Gasteiger charge is -2.18. The van der Waals surface area contributed by atoms with Gasteiger partial charge in [0.15, 0.2) is 5.78 Å². The van der Waals surface area contributed by atoms with Crippen LogP contribution in [-0.2, 0) is 0 Å². The van der Waals surface area contributed by atoms with Gasteiger partial charge in [0.25, 0.3) is 5.91 Å². The molecule has 104 valence electrons. The van der Waals surface area contributed by atoms with Crippen molar-refractivity contribution in [3.05, 3.63) is 29.6 Å². The maximum Gasteiger partial charge on any atom is 0.270 e. The van der Waals surface area contributed by atoms with Crippen molar-refractivity contribution in [1.82, 2.24) is 15.2 Å². The van der Waals surface area contributed by atoms with Crippen molar-refractivity contribution in [2.75, 3.05) is 20.6 Å². The van der Waals surface area contributed by atoms with Gasteiger partial charge in [0.2, 0.25) is 0 Å². The van der Waals surface area contributed by atoms with Crippen LogP contribution in [0, 0.1) is 0 Å². The number of hydrogen-bond acceptors (Lipinski definition) is 4. The van der Waals surface area contributed by atoms with E-state index in [1.807, 2.05) is 25.9 Å². The number of nitrogens with one attached hydrogen (secondary N) is 1. The van der Waals surface area contributed by atoms with Crippen molar-refractivity contribution in [3.63, 3.8) is 0 Å². The zero-order valence-electron chi connectivity index (χ0n) is 11.9. The van der Waals surface area contributed by atoms with Crippen LogP contribution < -0.4 is 5.32 Å². The average Bonchev–Trinajstić information content (AvgIpc) is 2.36. The van der Waals surface area contributed by atoms with Gasteiger partial charge in [-0.25, -0.2) is 0 Å². The molecule has 1 amide bonds. The zero-order chi connectivity index (χ0) is 14.4. The Balaban J connectivity index is 2.85. The first-order valence-electron chi connectivity index (χ1n) is 6.39. The number of amides is 1. The summed E-state index contributed by atoms with van der Waals surface area (Å²) in [5.41, 5.74) is 0.597. The van der Waals surface area contributed by atoms with Gasteiger partial charge in [0, 0.05) is 30.8 Å². The van der Waals surface area contributed by atoms with Crippen LogP contribution in [-0.4, -0.2) is 48.3 Å². The van der Waals surface area contributed by atoms with Crippen LogP contribution in [0.4, 0.5) is 0 Å². The second kappa shape index (κ2) is 6.99. The summed E-state index contributed by atoms with van der Waals surface area (Å²) in [6.07, 6.45) is 1.89. The quantitative estimate of drug-likeness (QED) is 0.787. The van der Waals surface area contributed by atoms with Gasteiger partial charge in [0.05, 0.1) is 0 Å². The van der Waals surface area contributed by atoms with E-state index in [1.54, 1.807) is 19.1 Å². The Morgan fingerprint density at radius 3 is 2.68 bits per heavy atom. The molecule has 0 radical (unpaired) electrons. The molecule has 0 aromatic carbocycles. The largest absolute Gasteiger partial charge is 0.347 e. The number of rotatable bonds is 6. The third kappa shape index (κ3) is 4.44. The molecular weight excluding hydrogens is 242 g/mol. The van der Waals surface area contributed by atoms with E-state index >= 15 is 0 Å². The Bertz CT molecular complexity index is 458. The molecule has 19 heavy (non-hydrogen) atoms. The van der Waals surface area contributed by atoms with E-state index in [0.717, 1.165) is 6.54 Å². The first-order valence-corrected chi connectivity index (χ1v) is 6.39. The topological polar surface area (TPSA) is 62.3 Å². The van der Waals surface area contributed by atoms with Crippen molar-refractivity contribution in [1.29, 1.82) is 0 Å². The lowest BCUT2D eigenvalue weighted by Crippen LogP contribution is -2.40. The van der Waals surface area contributed by atoms with Gasteiger partial charge in [-0.1, -0.05) is 6.92 Å². The predicted molar refractivity (Wildman–Crippen MR) is 74.3 cm³/mol. The maximum atomic E-state index is 12.1. The van der Waals surface area contributed by atoms with E-state index in [2.05, 4.69) is 10.3 Å². The number of hydrogen-bond donors (Lipinski definition) is 1. The fourth-order valence-electron chi connectivity index (χ4n) is 1.89. The Kier molecular flexibility index (Phi) is 5.63. The number of likely N-dealkylation sites (N-methyl/N-ethyl adjacent to an activating group) is 1. The summed E-state index contributed by atoms with van der Waals surface area (Å²) in [6.45, 7) is 4.42. The molecule has 1 atom stereocenters. The molecule has 0 fully saturated rings. The molecule has 0 aliphatic carbocycles. The molecular formula is C14H21N3O2. The first-order chi connectivity index (χ1) is 8.95. The molecule has 1 rings (SSSR count). The number of nitrogens with zero attached hydrogens (tertiary/aromatic N) is 2. The summed E-state index contributed by atoms with van der Waals surface area (Å²) in [4.78, 5) is 29.9. The monoisotopic (exact) mass is 263 g/mol. The molecule has 1 aromatic rings. The van der Waals surface area contributed by atoms with Crippen LogP contribution in [0.15, 0.2) is 18.3 Å². The summed E-state index contributed by atoms with van der Waals surface area (Å²) in [5.74, 6) is -0.370. The second-order valence-corrected chi connectivity index (χ2v) is 4.81. The first kappa shape index (κ1) is 15.3. The molecule has 0 aliphatic heterocycles. The van der Waals surface area contributed by atoms with Crippen LogP contribution >= 0.6 is 0 Å². The van der Waals surface area contributed by atoms with Crippen molar-refractivity contribution >= 4 is 11.7 Å². The average molecular weight is 263 g/mol. The predicted octanol–water partition coefficient (Wildman–Crippen LogP) is 1.35. The van der Waals surface area contributed by atoms with Gasteiger partial charge in [-0.3, -0.25) is 14.6 Å². The van der Waals surface area contributed by atoms with E-state index in [4.69, 9.17) is 0 Å². The second-order valence-electron chi connectivity index (χ2n) is 4.81. The Labute approximate surface area is 114 Å². The van der Waals surface area contributed by atoms with Gasteiger partial charge in [0.1, 0.15) is 5.69 Å². The van der Waals surface area contributed by atoms with Crippen LogP contribution in [0.1, 0.15) is 41.1 Å². The van der Waals surface area contributed by atoms with Crippen LogP contribution in [0.3, 0.4) is 0 Å². The maximum absolute atomic E-state index is 12.1. The highest BCUT2D eigenvalue weighted by Crippen LogP contribution is 2.08. The molecule has 0 aliphatic rings. The Morgan fingerprint density at radius 1 is 1.42 bits per heavy atom. The van der Waals surface area contributed by atoms with Gasteiger partial charge >= 0.3 is 0 Å². The Morgan fingerprint density at radius 2 is 2.11 bits per heavy atom. The highest BCUT2D eigenvalue weighted by Gasteiger charge is 2.18. The van der Waals surface area contributed by atoms with Gasteiger partial charge in [-0.05, 0) is 33.2 Å². The summed E-state index contributed by atoms with van der Waals surface area (Å²) >= 11 is 0. The van der Waals surface area contributed by atoms with Crippen LogP contribution in [0.2, 0.25) is 0 Å². The number of carbonyl (C=O) groups excluding carboxylic acids is 2. The summed E-state index contributed by atoms with van der Waals surface area (Å²) in [6, 6.07) is 3.31. The molecule has 5 nitrogen and oxygen atoms in total. The minimum Gasteiger partial charge on any atom is -0.347 e. The number of aromatic nitrogens is 1. The summed E-state index contributed by atoms with van der Waals surface area (Å²) in [7, 11) is 3.88. The van der Waals surface area contributed by atoms with E-state index in [9.17, 15) is 9.59 Å². The van der Waals surface area contributed by atoms with Crippen molar-refractivity contribution in [3.8, 4) is 0 Å². The lowest BCUT2D eigenvalue weighted by atomic mass is 10.1. The highest BCUT2D eigenvalue weighted by atomic mass is 16.2. The van der Waals surface area contributed by atoms with Crippen LogP contribution in [0.25, 0.3) is 0 Å². The molecule has 5 heteroatoms. The molecule has 0 saturated carbocycles. The van der Waals surface area contributed by atoms with Gasteiger partial charge in [-0.2, -0.15) is 0 Å². The minimum absolute atomic E-state index is 0.00548. The van der Waals surface area contributed by atoms with Crippen molar-refractivity contribution in [2.45, 2.75) is 26.3 Å². The molecule has 1 aromatic heterocycles. The normalized spacial score (nSPS) is 12.3.